The molecule has 0 fully saturated rings. The molecule has 2 amide bonds. The van der Waals surface area contributed by atoms with Gasteiger partial charge < -0.3 is 15.4 Å². The van der Waals surface area contributed by atoms with E-state index in [9.17, 15) is 13.2 Å². The summed E-state index contributed by atoms with van der Waals surface area (Å²) in [5, 5.41) is 5.39. The van der Waals surface area contributed by atoms with Crippen LogP contribution in [0.3, 0.4) is 0 Å². The molecule has 9 heteroatoms. The second kappa shape index (κ2) is 9.86. The van der Waals surface area contributed by atoms with E-state index in [2.05, 4.69) is 20.3 Å². The molecule has 2 aromatic carbocycles. The number of ether oxygens (including phenoxy) is 1. The van der Waals surface area contributed by atoms with Crippen molar-refractivity contribution in [2.75, 3.05) is 12.4 Å². The number of nitrogens with zero attached hydrogens (tertiary/aromatic N) is 1. The molecule has 0 atom stereocenters. The van der Waals surface area contributed by atoms with Crippen LogP contribution in [-0.4, -0.2) is 26.5 Å². The van der Waals surface area contributed by atoms with E-state index in [1.165, 1.54) is 24.3 Å². The zero-order chi connectivity index (χ0) is 21.4. The number of sulfonamides is 1. The largest absolute Gasteiger partial charge is 0.497 e. The molecule has 0 aliphatic heterocycles. The minimum absolute atomic E-state index is 0.105. The van der Waals surface area contributed by atoms with Gasteiger partial charge in [0.25, 0.3) is 0 Å². The van der Waals surface area contributed by atoms with E-state index in [1.807, 2.05) is 6.07 Å². The standard InChI is InChI=1S/C21H22N4O4S/c1-29-19-4-2-3-17(13-19)15-24-30(27,28)20-7-5-18(6-8-20)25-21(26)23-14-16-9-11-22-12-10-16/h2-13,24H,14-15H2,1H3,(H2,23,25,26). The lowest BCUT2D eigenvalue weighted by atomic mass is 10.2. The van der Waals surface area contributed by atoms with Crippen molar-refractivity contribution in [1.82, 2.24) is 15.0 Å². The molecule has 0 saturated carbocycles. The Morgan fingerprint density at radius 3 is 2.40 bits per heavy atom. The third-order valence-corrected chi connectivity index (χ3v) is 5.64. The molecule has 0 spiro atoms. The molecular formula is C21H22N4O4S. The van der Waals surface area contributed by atoms with Crippen molar-refractivity contribution in [3.63, 3.8) is 0 Å². The number of anilines is 1. The molecule has 8 nitrogen and oxygen atoms in total. The van der Waals surface area contributed by atoms with Crippen molar-refractivity contribution in [2.45, 2.75) is 18.0 Å². The van der Waals surface area contributed by atoms with Crippen molar-refractivity contribution in [3.8, 4) is 5.75 Å². The first-order chi connectivity index (χ1) is 14.5. The van der Waals surface area contributed by atoms with E-state index in [0.29, 0.717) is 18.0 Å². The Balaban J connectivity index is 1.55. The summed E-state index contributed by atoms with van der Waals surface area (Å²) in [6.45, 7) is 0.492. The third kappa shape index (κ3) is 6.03. The van der Waals surface area contributed by atoms with Crippen LogP contribution in [0.2, 0.25) is 0 Å². The van der Waals surface area contributed by atoms with Crippen LogP contribution in [0.5, 0.6) is 5.75 Å². The summed E-state index contributed by atoms with van der Waals surface area (Å²) in [5.41, 5.74) is 2.18. The Morgan fingerprint density at radius 2 is 1.70 bits per heavy atom. The Labute approximate surface area is 175 Å². The number of urea groups is 1. The lowest BCUT2D eigenvalue weighted by molar-refractivity contribution is 0.251. The molecule has 0 aliphatic carbocycles. The molecule has 3 aromatic rings. The summed E-state index contributed by atoms with van der Waals surface area (Å²) in [5.74, 6) is 0.657. The normalized spacial score (nSPS) is 11.0. The van der Waals surface area contributed by atoms with Crippen LogP contribution in [0.1, 0.15) is 11.1 Å². The Morgan fingerprint density at radius 1 is 0.967 bits per heavy atom. The number of carbonyl (C=O) groups excluding carboxylic acids is 1. The van der Waals surface area contributed by atoms with Crippen LogP contribution in [0.4, 0.5) is 10.5 Å². The first-order valence-corrected chi connectivity index (χ1v) is 10.6. The second-order valence-electron chi connectivity index (χ2n) is 6.36. The molecular weight excluding hydrogens is 404 g/mol. The molecule has 156 valence electrons. The van der Waals surface area contributed by atoms with Gasteiger partial charge in [-0.15, -0.1) is 0 Å². The first-order valence-electron chi connectivity index (χ1n) is 9.13. The highest BCUT2D eigenvalue weighted by Crippen LogP contribution is 2.16. The van der Waals surface area contributed by atoms with E-state index < -0.39 is 16.1 Å². The van der Waals surface area contributed by atoms with E-state index in [4.69, 9.17) is 4.74 Å². The number of benzene rings is 2. The molecule has 0 saturated heterocycles. The van der Waals surface area contributed by atoms with Gasteiger partial charge in [0.1, 0.15) is 5.75 Å². The number of aromatic nitrogens is 1. The molecule has 3 N–H and O–H groups in total. The minimum atomic E-state index is -3.69. The maximum absolute atomic E-state index is 12.5. The SMILES string of the molecule is COc1cccc(CNS(=O)(=O)c2ccc(NC(=O)NCc3ccncc3)cc2)c1. The number of amides is 2. The molecule has 0 bridgehead atoms. The van der Waals surface area contributed by atoms with Gasteiger partial charge >= 0.3 is 6.03 Å². The number of nitrogens with one attached hydrogen (secondary N) is 3. The monoisotopic (exact) mass is 426 g/mol. The molecule has 3 rings (SSSR count). The van der Waals surface area contributed by atoms with Gasteiger partial charge in [0, 0.05) is 31.2 Å². The Bertz CT molecular complexity index is 1090. The van der Waals surface area contributed by atoms with Gasteiger partial charge in [0.2, 0.25) is 10.0 Å². The highest BCUT2D eigenvalue weighted by atomic mass is 32.2. The molecule has 0 unspecified atom stereocenters. The van der Waals surface area contributed by atoms with Crippen molar-refractivity contribution in [2.24, 2.45) is 0 Å². The van der Waals surface area contributed by atoms with Gasteiger partial charge in [-0.3, -0.25) is 4.98 Å². The molecule has 1 aromatic heterocycles. The zero-order valence-corrected chi connectivity index (χ0v) is 17.1. The Kier molecular flexibility index (Phi) is 6.99. The summed E-state index contributed by atoms with van der Waals surface area (Å²) in [6, 6.07) is 16.3. The number of methoxy groups -OCH3 is 1. The predicted molar refractivity (Wildman–Crippen MR) is 114 cm³/mol. The van der Waals surface area contributed by atoms with Gasteiger partial charge in [-0.05, 0) is 59.7 Å². The summed E-state index contributed by atoms with van der Waals surface area (Å²) >= 11 is 0. The maximum atomic E-state index is 12.5. The van der Waals surface area contributed by atoms with E-state index >= 15 is 0 Å². The smallest absolute Gasteiger partial charge is 0.319 e. The van der Waals surface area contributed by atoms with Crippen LogP contribution in [0.15, 0.2) is 78.0 Å². The summed E-state index contributed by atoms with van der Waals surface area (Å²) in [4.78, 5) is 16.0. The van der Waals surface area contributed by atoms with Crippen LogP contribution >= 0.6 is 0 Å². The number of carbonyl (C=O) groups is 1. The number of pyridine rings is 1. The van der Waals surface area contributed by atoms with Crippen LogP contribution in [-0.2, 0) is 23.1 Å². The first kappa shape index (κ1) is 21.3. The number of hydrogen-bond acceptors (Lipinski definition) is 5. The van der Waals surface area contributed by atoms with Crippen LogP contribution in [0, 0.1) is 0 Å². The van der Waals surface area contributed by atoms with Gasteiger partial charge in [-0.1, -0.05) is 12.1 Å². The fourth-order valence-corrected chi connectivity index (χ4v) is 3.64. The quantitative estimate of drug-likeness (QED) is 0.513. The summed E-state index contributed by atoms with van der Waals surface area (Å²) < 4.78 is 32.7. The summed E-state index contributed by atoms with van der Waals surface area (Å²) in [7, 11) is -2.14. The minimum Gasteiger partial charge on any atom is -0.497 e. The van der Waals surface area contributed by atoms with E-state index in [1.54, 1.807) is 49.8 Å². The van der Waals surface area contributed by atoms with Gasteiger partial charge in [0.15, 0.2) is 0 Å². The fraction of sp³-hybridized carbons (Fsp3) is 0.143. The van der Waals surface area contributed by atoms with E-state index in [0.717, 1.165) is 11.1 Å². The van der Waals surface area contributed by atoms with E-state index in [-0.39, 0.29) is 11.4 Å². The van der Waals surface area contributed by atoms with Crippen molar-refractivity contribution >= 4 is 21.7 Å². The molecule has 1 heterocycles. The lowest BCUT2D eigenvalue weighted by Gasteiger charge is -2.10. The van der Waals surface area contributed by atoms with Crippen LogP contribution in [0.25, 0.3) is 0 Å². The summed E-state index contributed by atoms with van der Waals surface area (Å²) in [6.07, 6.45) is 3.30. The predicted octanol–water partition coefficient (Wildman–Crippen LogP) is 2.89. The van der Waals surface area contributed by atoms with Gasteiger partial charge in [-0.2, -0.15) is 0 Å². The van der Waals surface area contributed by atoms with Crippen molar-refractivity contribution in [1.29, 1.82) is 0 Å². The lowest BCUT2D eigenvalue weighted by Crippen LogP contribution is -2.28. The van der Waals surface area contributed by atoms with Gasteiger partial charge in [-0.25, -0.2) is 17.9 Å². The highest BCUT2D eigenvalue weighted by Gasteiger charge is 2.14. The number of hydrogen-bond donors (Lipinski definition) is 3. The topological polar surface area (TPSA) is 109 Å². The Hall–Kier alpha value is -3.43. The second-order valence-corrected chi connectivity index (χ2v) is 8.13. The maximum Gasteiger partial charge on any atom is 0.319 e. The highest BCUT2D eigenvalue weighted by molar-refractivity contribution is 7.89. The van der Waals surface area contributed by atoms with Crippen molar-refractivity contribution in [3.05, 3.63) is 84.2 Å². The molecule has 0 radical (unpaired) electrons. The zero-order valence-electron chi connectivity index (χ0n) is 16.3. The molecule has 0 aliphatic rings. The van der Waals surface area contributed by atoms with Gasteiger partial charge in [0.05, 0.1) is 12.0 Å². The van der Waals surface area contributed by atoms with Crippen LogP contribution < -0.4 is 20.1 Å². The number of rotatable bonds is 8. The third-order valence-electron chi connectivity index (χ3n) is 4.23. The average molecular weight is 426 g/mol. The fourth-order valence-electron chi connectivity index (χ4n) is 2.62. The molecule has 30 heavy (non-hydrogen) atoms. The van der Waals surface area contributed by atoms with Crippen molar-refractivity contribution < 1.29 is 17.9 Å². The average Bonchev–Trinajstić information content (AvgIpc) is 2.77.